The standard InChI is InChI=1S/C32H60O4/c1-2-3-4-5-6-7-8-9-10-11-12-13-14-15-16-17-18-19-20-21-22-23-24-25-26-27-30-36-32(35)29-28-31(33)34/h28-29H,2-27,30H2,1H3,(H,33,34)/b29-28+. The minimum atomic E-state index is -1.13. The molecule has 0 aliphatic rings. The lowest BCUT2D eigenvalue weighted by Crippen LogP contribution is -2.03. The van der Waals surface area contributed by atoms with Gasteiger partial charge in [0.2, 0.25) is 0 Å². The molecule has 0 aliphatic heterocycles. The number of unbranched alkanes of at least 4 members (excludes halogenated alkanes) is 25. The van der Waals surface area contributed by atoms with Crippen LogP contribution in [-0.2, 0) is 14.3 Å². The van der Waals surface area contributed by atoms with Crippen molar-refractivity contribution in [3.05, 3.63) is 12.2 Å². The molecule has 0 rings (SSSR count). The van der Waals surface area contributed by atoms with Crippen molar-refractivity contribution in [1.82, 2.24) is 0 Å². The summed E-state index contributed by atoms with van der Waals surface area (Å²) in [6.07, 6.45) is 37.4. The Morgan fingerprint density at radius 2 is 0.750 bits per heavy atom. The van der Waals surface area contributed by atoms with E-state index in [0.717, 1.165) is 25.0 Å². The molecule has 0 fully saturated rings. The number of rotatable bonds is 29. The van der Waals surface area contributed by atoms with Gasteiger partial charge in [-0.3, -0.25) is 0 Å². The van der Waals surface area contributed by atoms with Crippen LogP contribution >= 0.6 is 0 Å². The SMILES string of the molecule is CCCCCCCCCCCCCCCCCCCCCCCCCCCCOC(=O)/C=C/C(=O)O. The van der Waals surface area contributed by atoms with Crippen LogP contribution in [0.5, 0.6) is 0 Å². The summed E-state index contributed by atoms with van der Waals surface area (Å²) in [6.45, 7) is 2.67. The fraction of sp³-hybridized carbons (Fsp3) is 0.875. The Kier molecular flexibility index (Phi) is 28.8. The molecule has 1 N–H and O–H groups in total. The van der Waals surface area contributed by atoms with Gasteiger partial charge in [0.15, 0.2) is 0 Å². The summed E-state index contributed by atoms with van der Waals surface area (Å²) >= 11 is 0. The summed E-state index contributed by atoms with van der Waals surface area (Å²) in [5, 5.41) is 8.44. The maximum atomic E-state index is 11.2. The van der Waals surface area contributed by atoms with Crippen molar-refractivity contribution in [2.24, 2.45) is 0 Å². The summed E-state index contributed by atoms with van der Waals surface area (Å²) in [5.74, 6) is -1.70. The number of hydrogen-bond donors (Lipinski definition) is 1. The molecule has 0 aromatic rings. The van der Waals surface area contributed by atoms with Gasteiger partial charge in [-0.1, -0.05) is 167 Å². The van der Waals surface area contributed by atoms with Crippen LogP contribution in [0.1, 0.15) is 174 Å². The Bertz CT molecular complexity index is 500. The molecule has 4 heteroatoms. The molecule has 36 heavy (non-hydrogen) atoms. The van der Waals surface area contributed by atoms with E-state index < -0.39 is 11.9 Å². The molecule has 0 unspecified atom stereocenters. The predicted octanol–water partition coefficient (Wildman–Crippen LogP) is 10.3. The summed E-state index contributed by atoms with van der Waals surface area (Å²) in [6, 6.07) is 0. The van der Waals surface area contributed by atoms with Crippen molar-refractivity contribution in [1.29, 1.82) is 0 Å². The number of carboxylic acids is 1. The van der Waals surface area contributed by atoms with Crippen molar-refractivity contribution < 1.29 is 19.4 Å². The third-order valence-electron chi connectivity index (χ3n) is 7.10. The summed E-state index contributed by atoms with van der Waals surface area (Å²) in [4.78, 5) is 21.5. The van der Waals surface area contributed by atoms with E-state index in [1.165, 1.54) is 154 Å². The van der Waals surface area contributed by atoms with Gasteiger partial charge in [0.1, 0.15) is 0 Å². The van der Waals surface area contributed by atoms with Crippen LogP contribution in [0.2, 0.25) is 0 Å². The maximum absolute atomic E-state index is 11.2. The molecule has 0 atom stereocenters. The highest BCUT2D eigenvalue weighted by atomic mass is 16.5. The van der Waals surface area contributed by atoms with Gasteiger partial charge in [0, 0.05) is 12.2 Å². The monoisotopic (exact) mass is 508 g/mol. The summed E-state index contributed by atoms with van der Waals surface area (Å²) in [5.41, 5.74) is 0. The van der Waals surface area contributed by atoms with Crippen LogP contribution in [-0.4, -0.2) is 23.7 Å². The highest BCUT2D eigenvalue weighted by Gasteiger charge is 1.99. The predicted molar refractivity (Wildman–Crippen MR) is 153 cm³/mol. The van der Waals surface area contributed by atoms with Crippen molar-refractivity contribution in [2.45, 2.75) is 174 Å². The molecule has 0 amide bonds. The molecule has 0 bridgehead atoms. The average molecular weight is 509 g/mol. The van der Waals surface area contributed by atoms with Crippen LogP contribution in [0, 0.1) is 0 Å². The van der Waals surface area contributed by atoms with Gasteiger partial charge in [-0.15, -0.1) is 0 Å². The Labute approximate surface area is 224 Å². The lowest BCUT2D eigenvalue weighted by molar-refractivity contribution is -0.138. The van der Waals surface area contributed by atoms with E-state index in [2.05, 4.69) is 6.92 Å². The summed E-state index contributed by atoms with van der Waals surface area (Å²) in [7, 11) is 0. The van der Waals surface area contributed by atoms with E-state index in [4.69, 9.17) is 9.84 Å². The fourth-order valence-corrected chi connectivity index (χ4v) is 4.78. The number of carbonyl (C=O) groups is 2. The van der Waals surface area contributed by atoms with Gasteiger partial charge in [-0.25, -0.2) is 9.59 Å². The maximum Gasteiger partial charge on any atom is 0.331 e. The van der Waals surface area contributed by atoms with Crippen LogP contribution in [0.4, 0.5) is 0 Å². The molecule has 0 spiro atoms. The first-order valence-electron chi connectivity index (χ1n) is 15.7. The van der Waals surface area contributed by atoms with Gasteiger partial charge in [0.05, 0.1) is 6.61 Å². The molecule has 0 saturated heterocycles. The van der Waals surface area contributed by atoms with Crippen molar-refractivity contribution in [3.63, 3.8) is 0 Å². The zero-order chi connectivity index (χ0) is 26.4. The van der Waals surface area contributed by atoms with Crippen molar-refractivity contribution in [2.75, 3.05) is 6.61 Å². The number of aliphatic carboxylic acids is 1. The van der Waals surface area contributed by atoms with Crippen molar-refractivity contribution >= 4 is 11.9 Å². The summed E-state index contributed by atoms with van der Waals surface area (Å²) < 4.78 is 4.96. The molecule has 0 aromatic carbocycles. The van der Waals surface area contributed by atoms with E-state index in [1.54, 1.807) is 0 Å². The second-order valence-corrected chi connectivity index (χ2v) is 10.7. The molecule has 0 radical (unpaired) electrons. The number of hydrogen-bond acceptors (Lipinski definition) is 3. The van der Waals surface area contributed by atoms with Crippen molar-refractivity contribution in [3.8, 4) is 0 Å². The van der Waals surface area contributed by atoms with Gasteiger partial charge in [0.25, 0.3) is 0 Å². The van der Waals surface area contributed by atoms with E-state index >= 15 is 0 Å². The van der Waals surface area contributed by atoms with Crippen LogP contribution in [0.3, 0.4) is 0 Å². The molecule has 0 saturated carbocycles. The molecule has 0 heterocycles. The van der Waals surface area contributed by atoms with E-state index in [9.17, 15) is 9.59 Å². The smallest absolute Gasteiger partial charge is 0.331 e. The van der Waals surface area contributed by atoms with Gasteiger partial charge in [-0.05, 0) is 6.42 Å². The highest BCUT2D eigenvalue weighted by molar-refractivity contribution is 5.90. The highest BCUT2D eigenvalue weighted by Crippen LogP contribution is 2.16. The lowest BCUT2D eigenvalue weighted by Gasteiger charge is -2.04. The van der Waals surface area contributed by atoms with Crippen LogP contribution < -0.4 is 0 Å². The van der Waals surface area contributed by atoms with Crippen LogP contribution in [0.25, 0.3) is 0 Å². The first-order valence-corrected chi connectivity index (χ1v) is 15.7. The topological polar surface area (TPSA) is 63.6 Å². The molecular weight excluding hydrogens is 448 g/mol. The normalized spacial score (nSPS) is 11.4. The average Bonchev–Trinajstić information content (AvgIpc) is 2.87. The lowest BCUT2D eigenvalue weighted by atomic mass is 10.0. The Balaban J connectivity index is 3.10. The number of ether oxygens (including phenoxy) is 1. The zero-order valence-corrected chi connectivity index (χ0v) is 23.9. The molecule has 0 aromatic heterocycles. The Morgan fingerprint density at radius 1 is 0.472 bits per heavy atom. The number of esters is 1. The third-order valence-corrected chi connectivity index (χ3v) is 7.10. The Morgan fingerprint density at radius 3 is 1.03 bits per heavy atom. The second kappa shape index (κ2) is 29.9. The molecule has 4 nitrogen and oxygen atoms in total. The van der Waals surface area contributed by atoms with Gasteiger partial charge < -0.3 is 9.84 Å². The quantitative estimate of drug-likeness (QED) is 0.0620. The van der Waals surface area contributed by atoms with Crippen LogP contribution in [0.15, 0.2) is 12.2 Å². The largest absolute Gasteiger partial charge is 0.478 e. The van der Waals surface area contributed by atoms with Gasteiger partial charge >= 0.3 is 11.9 Å². The zero-order valence-electron chi connectivity index (χ0n) is 23.9. The first-order chi connectivity index (χ1) is 17.7. The van der Waals surface area contributed by atoms with E-state index in [0.29, 0.717) is 6.61 Å². The number of carbonyl (C=O) groups excluding carboxylic acids is 1. The third kappa shape index (κ3) is 30.7. The fourth-order valence-electron chi connectivity index (χ4n) is 4.78. The minimum Gasteiger partial charge on any atom is -0.478 e. The molecule has 212 valence electrons. The molecular formula is C32H60O4. The second-order valence-electron chi connectivity index (χ2n) is 10.7. The molecule has 0 aliphatic carbocycles. The van der Waals surface area contributed by atoms with E-state index in [-0.39, 0.29) is 0 Å². The first kappa shape index (κ1) is 34.7. The minimum absolute atomic E-state index is 0.377. The van der Waals surface area contributed by atoms with E-state index in [1.807, 2.05) is 0 Å². The number of carboxylic acid groups (broad SMARTS) is 1. The van der Waals surface area contributed by atoms with Gasteiger partial charge in [-0.2, -0.15) is 0 Å². The Hall–Kier alpha value is -1.32.